The van der Waals surface area contributed by atoms with Gasteiger partial charge in [-0.1, -0.05) is 19.1 Å². The van der Waals surface area contributed by atoms with Gasteiger partial charge in [-0.15, -0.1) is 0 Å². The highest BCUT2D eigenvalue weighted by Crippen LogP contribution is 2.28. The van der Waals surface area contributed by atoms with Crippen molar-refractivity contribution in [2.75, 3.05) is 6.54 Å². The van der Waals surface area contributed by atoms with E-state index in [1.165, 1.54) is 11.6 Å². The summed E-state index contributed by atoms with van der Waals surface area (Å²) in [5.74, 6) is -0.216. The first kappa shape index (κ1) is 15.2. The molecule has 3 nitrogen and oxygen atoms in total. The van der Waals surface area contributed by atoms with Crippen molar-refractivity contribution in [2.45, 2.75) is 25.8 Å². The summed E-state index contributed by atoms with van der Waals surface area (Å²) in [6.45, 7) is 2.91. The van der Waals surface area contributed by atoms with Gasteiger partial charge in [0.1, 0.15) is 5.82 Å². The van der Waals surface area contributed by atoms with Crippen LogP contribution in [0.5, 0.6) is 0 Å². The topological polar surface area (TPSA) is 29.9 Å². The van der Waals surface area contributed by atoms with Gasteiger partial charge in [0.25, 0.3) is 0 Å². The molecule has 0 bridgehead atoms. The molecule has 0 amide bonds. The first-order chi connectivity index (χ1) is 9.61. The van der Waals surface area contributed by atoms with Crippen LogP contribution in [0.2, 0.25) is 0 Å². The molecule has 1 aromatic carbocycles. The molecule has 20 heavy (non-hydrogen) atoms. The Kier molecular flexibility index (Phi) is 5.31. The number of aryl methyl sites for hydroxylation is 2. The molecule has 0 saturated heterocycles. The summed E-state index contributed by atoms with van der Waals surface area (Å²) < 4.78 is 16.0. The lowest BCUT2D eigenvalue weighted by molar-refractivity contribution is 0.508. The summed E-state index contributed by atoms with van der Waals surface area (Å²) in [7, 11) is 1.91. The molecule has 0 fully saturated rings. The summed E-state index contributed by atoms with van der Waals surface area (Å²) in [6, 6.07) is 5.32. The number of hydrogen-bond donors (Lipinski definition) is 1. The van der Waals surface area contributed by atoms with E-state index < -0.39 is 0 Å². The van der Waals surface area contributed by atoms with E-state index >= 15 is 0 Å². The lowest BCUT2D eigenvalue weighted by Crippen LogP contribution is -2.22. The van der Waals surface area contributed by atoms with Crippen LogP contribution in [-0.2, 0) is 13.5 Å². The molecule has 1 heterocycles. The van der Waals surface area contributed by atoms with E-state index in [1.54, 1.807) is 10.7 Å². The van der Waals surface area contributed by atoms with Crippen molar-refractivity contribution in [3.63, 3.8) is 0 Å². The molecular formula is C15H19BrFN3. The zero-order valence-electron chi connectivity index (χ0n) is 11.7. The molecule has 0 radical (unpaired) electrons. The molecular weight excluding hydrogens is 321 g/mol. The Bertz CT molecular complexity index is 568. The maximum absolute atomic E-state index is 13.7. The minimum Gasteiger partial charge on any atom is -0.310 e. The van der Waals surface area contributed by atoms with E-state index in [4.69, 9.17) is 0 Å². The molecule has 1 unspecified atom stereocenters. The Labute approximate surface area is 127 Å². The zero-order valence-corrected chi connectivity index (χ0v) is 13.3. The van der Waals surface area contributed by atoms with Gasteiger partial charge in [0, 0.05) is 19.3 Å². The summed E-state index contributed by atoms with van der Waals surface area (Å²) in [6.07, 6.45) is 5.71. The summed E-state index contributed by atoms with van der Waals surface area (Å²) in [5.41, 5.74) is 2.17. The minimum absolute atomic E-state index is 0.130. The quantitative estimate of drug-likeness (QED) is 0.871. The average molecular weight is 340 g/mol. The smallest absolute Gasteiger partial charge is 0.137 e. The predicted molar refractivity (Wildman–Crippen MR) is 82.0 cm³/mol. The van der Waals surface area contributed by atoms with E-state index in [-0.39, 0.29) is 11.9 Å². The number of aromatic nitrogens is 2. The fourth-order valence-corrected chi connectivity index (χ4v) is 2.86. The van der Waals surface area contributed by atoms with Crippen molar-refractivity contribution < 1.29 is 4.39 Å². The molecule has 2 rings (SSSR count). The standard InChI is InChI=1S/C15H19BrFN3/c1-3-18-14(8-7-11-9-19-20(2)10-11)12-5-4-6-13(17)15(12)16/h4-6,9-10,14,18H,3,7-8H2,1-2H3. The van der Waals surface area contributed by atoms with Gasteiger partial charge in [-0.3, -0.25) is 4.68 Å². The molecule has 2 aromatic rings. The number of hydrogen-bond acceptors (Lipinski definition) is 2. The van der Waals surface area contributed by atoms with Crippen molar-refractivity contribution >= 4 is 15.9 Å². The fourth-order valence-electron chi connectivity index (χ4n) is 2.32. The van der Waals surface area contributed by atoms with Crippen molar-refractivity contribution in [1.82, 2.24) is 15.1 Å². The highest BCUT2D eigenvalue weighted by Gasteiger charge is 2.16. The summed E-state index contributed by atoms with van der Waals surface area (Å²) in [4.78, 5) is 0. The molecule has 0 aliphatic carbocycles. The van der Waals surface area contributed by atoms with E-state index in [9.17, 15) is 4.39 Å². The Morgan fingerprint density at radius 2 is 2.25 bits per heavy atom. The van der Waals surface area contributed by atoms with E-state index in [2.05, 4.69) is 33.3 Å². The molecule has 0 saturated carbocycles. The minimum atomic E-state index is -0.216. The molecule has 0 aliphatic rings. The summed E-state index contributed by atoms with van der Waals surface area (Å²) >= 11 is 3.35. The van der Waals surface area contributed by atoms with Crippen molar-refractivity contribution in [2.24, 2.45) is 7.05 Å². The predicted octanol–water partition coefficient (Wildman–Crippen LogP) is 3.61. The number of benzene rings is 1. The first-order valence-corrected chi connectivity index (χ1v) is 7.56. The number of rotatable bonds is 6. The van der Waals surface area contributed by atoms with Crippen LogP contribution in [0, 0.1) is 5.82 Å². The average Bonchev–Trinajstić information content (AvgIpc) is 2.84. The van der Waals surface area contributed by atoms with Crippen LogP contribution in [0.3, 0.4) is 0 Å². The highest BCUT2D eigenvalue weighted by molar-refractivity contribution is 9.10. The number of halogens is 2. The number of nitrogens with zero attached hydrogens (tertiary/aromatic N) is 2. The molecule has 1 aromatic heterocycles. The van der Waals surface area contributed by atoms with E-state index in [1.807, 2.05) is 25.5 Å². The first-order valence-electron chi connectivity index (χ1n) is 6.76. The van der Waals surface area contributed by atoms with Crippen molar-refractivity contribution in [3.8, 4) is 0 Å². The van der Waals surface area contributed by atoms with Gasteiger partial charge in [-0.05, 0) is 52.5 Å². The third kappa shape index (κ3) is 3.67. The second kappa shape index (κ2) is 6.99. The molecule has 0 aliphatic heterocycles. The third-order valence-electron chi connectivity index (χ3n) is 3.29. The van der Waals surface area contributed by atoms with Crippen LogP contribution in [-0.4, -0.2) is 16.3 Å². The van der Waals surface area contributed by atoms with Gasteiger partial charge < -0.3 is 5.32 Å². The van der Waals surface area contributed by atoms with Crippen LogP contribution in [0.1, 0.15) is 30.5 Å². The van der Waals surface area contributed by atoms with Gasteiger partial charge in [-0.25, -0.2) is 4.39 Å². The SMILES string of the molecule is CCNC(CCc1cnn(C)c1)c1cccc(F)c1Br. The van der Waals surface area contributed by atoms with E-state index in [0.717, 1.165) is 24.9 Å². The second-order valence-corrected chi connectivity index (χ2v) is 5.61. The van der Waals surface area contributed by atoms with Gasteiger partial charge in [-0.2, -0.15) is 5.10 Å². The lowest BCUT2D eigenvalue weighted by Gasteiger charge is -2.19. The van der Waals surface area contributed by atoms with Gasteiger partial charge in [0.05, 0.1) is 10.7 Å². The van der Waals surface area contributed by atoms with Crippen LogP contribution >= 0.6 is 15.9 Å². The monoisotopic (exact) mass is 339 g/mol. The molecule has 108 valence electrons. The maximum Gasteiger partial charge on any atom is 0.137 e. The normalized spacial score (nSPS) is 12.6. The molecule has 5 heteroatoms. The molecule has 1 N–H and O–H groups in total. The van der Waals surface area contributed by atoms with Crippen molar-refractivity contribution in [3.05, 3.63) is 52.0 Å². The summed E-state index contributed by atoms with van der Waals surface area (Å²) in [5, 5.41) is 7.59. The second-order valence-electron chi connectivity index (χ2n) is 4.81. The number of nitrogens with one attached hydrogen (secondary N) is 1. The molecule has 1 atom stereocenters. The van der Waals surface area contributed by atoms with Crippen LogP contribution in [0.15, 0.2) is 35.1 Å². The Morgan fingerprint density at radius 3 is 2.90 bits per heavy atom. The van der Waals surface area contributed by atoms with Crippen LogP contribution in [0.25, 0.3) is 0 Å². The van der Waals surface area contributed by atoms with Gasteiger partial charge in [0.15, 0.2) is 0 Å². The lowest BCUT2D eigenvalue weighted by atomic mass is 10.00. The molecule has 0 spiro atoms. The largest absolute Gasteiger partial charge is 0.310 e. The fraction of sp³-hybridized carbons (Fsp3) is 0.400. The Balaban J connectivity index is 2.12. The Morgan fingerprint density at radius 1 is 1.45 bits per heavy atom. The van der Waals surface area contributed by atoms with Gasteiger partial charge >= 0.3 is 0 Å². The maximum atomic E-state index is 13.7. The van der Waals surface area contributed by atoms with E-state index in [0.29, 0.717) is 4.47 Å². The van der Waals surface area contributed by atoms with Gasteiger partial charge in [0.2, 0.25) is 0 Å². The zero-order chi connectivity index (χ0) is 14.5. The Hall–Kier alpha value is -1.20. The van der Waals surface area contributed by atoms with Crippen LogP contribution in [0.4, 0.5) is 4.39 Å². The van der Waals surface area contributed by atoms with Crippen LogP contribution < -0.4 is 5.32 Å². The highest BCUT2D eigenvalue weighted by atomic mass is 79.9. The third-order valence-corrected chi connectivity index (χ3v) is 4.12. The van der Waals surface area contributed by atoms with Crippen molar-refractivity contribution in [1.29, 1.82) is 0 Å².